The first kappa shape index (κ1) is 14.6. The number of nitrogens with one attached hydrogen (secondary N) is 1. The van der Waals surface area contributed by atoms with Crippen molar-refractivity contribution in [2.75, 3.05) is 6.61 Å². The Kier molecular flexibility index (Phi) is 5.02. The van der Waals surface area contributed by atoms with Crippen LogP contribution < -0.4 is 0 Å². The summed E-state index contributed by atoms with van der Waals surface area (Å²) in [7, 11) is 0. The van der Waals surface area contributed by atoms with Crippen LogP contribution in [0.5, 0.6) is 0 Å². The maximum atomic E-state index is 6.04. The van der Waals surface area contributed by atoms with Crippen LogP contribution in [0.25, 0.3) is 11.0 Å². The smallest absolute Gasteiger partial charge is 0.178 e. The van der Waals surface area contributed by atoms with Gasteiger partial charge in [0.1, 0.15) is 0 Å². The molecule has 19 heavy (non-hydrogen) atoms. The zero-order valence-electron chi connectivity index (χ0n) is 11.3. The number of ether oxygens (including phenoxy) is 1. The van der Waals surface area contributed by atoms with Crippen molar-refractivity contribution in [1.29, 1.82) is 0 Å². The Bertz CT molecular complexity index is 603. The Hall–Kier alpha value is -0.840. The highest BCUT2D eigenvalue weighted by molar-refractivity contribution is 7.71. The molecule has 5 heteroatoms. The lowest BCUT2D eigenvalue weighted by Gasteiger charge is -2.08. The lowest BCUT2D eigenvalue weighted by Crippen LogP contribution is -2.05. The number of rotatable bonds is 6. The maximum Gasteiger partial charge on any atom is 0.178 e. The van der Waals surface area contributed by atoms with E-state index in [2.05, 4.69) is 23.4 Å². The summed E-state index contributed by atoms with van der Waals surface area (Å²) in [6.45, 7) is 5.80. The topological polar surface area (TPSA) is 29.9 Å². The van der Waals surface area contributed by atoms with E-state index >= 15 is 0 Å². The third kappa shape index (κ3) is 3.81. The van der Waals surface area contributed by atoms with Gasteiger partial charge in [0.05, 0.1) is 17.1 Å². The zero-order valence-corrected chi connectivity index (χ0v) is 12.9. The molecule has 0 radical (unpaired) electrons. The van der Waals surface area contributed by atoms with Gasteiger partial charge in [0.2, 0.25) is 0 Å². The first-order valence-electron chi connectivity index (χ1n) is 6.57. The molecule has 1 aromatic heterocycles. The number of hydrogen-bond donors (Lipinski definition) is 1. The number of benzene rings is 1. The van der Waals surface area contributed by atoms with E-state index in [1.54, 1.807) is 0 Å². The van der Waals surface area contributed by atoms with E-state index in [-0.39, 0.29) is 0 Å². The molecule has 1 N–H and O–H groups in total. The van der Waals surface area contributed by atoms with Crippen molar-refractivity contribution < 1.29 is 4.74 Å². The Morgan fingerprint density at radius 2 is 2.16 bits per heavy atom. The average molecular weight is 299 g/mol. The molecule has 3 nitrogen and oxygen atoms in total. The molecule has 104 valence electrons. The molecule has 2 aromatic rings. The number of fused-ring (bicyclic) bond motifs is 1. The fourth-order valence-electron chi connectivity index (χ4n) is 2.04. The van der Waals surface area contributed by atoms with Gasteiger partial charge >= 0.3 is 0 Å². The number of H-pyrrole nitrogens is 1. The van der Waals surface area contributed by atoms with Crippen molar-refractivity contribution in [3.05, 3.63) is 28.0 Å². The summed E-state index contributed by atoms with van der Waals surface area (Å²) in [6, 6.07) is 5.79. The summed E-state index contributed by atoms with van der Waals surface area (Å²) in [5.74, 6) is 0. The van der Waals surface area contributed by atoms with Crippen molar-refractivity contribution in [2.45, 2.75) is 39.3 Å². The Morgan fingerprint density at radius 3 is 2.89 bits per heavy atom. The van der Waals surface area contributed by atoms with Gasteiger partial charge in [-0.05, 0) is 57.1 Å². The third-order valence-electron chi connectivity index (χ3n) is 2.96. The van der Waals surface area contributed by atoms with Crippen LogP contribution in [0.15, 0.2) is 18.2 Å². The van der Waals surface area contributed by atoms with Crippen molar-refractivity contribution in [3.63, 3.8) is 0 Å². The average Bonchev–Trinajstić information content (AvgIpc) is 2.65. The fourth-order valence-corrected chi connectivity index (χ4v) is 2.50. The number of aromatic amines is 1. The van der Waals surface area contributed by atoms with E-state index in [0.717, 1.165) is 46.8 Å². The van der Waals surface area contributed by atoms with E-state index in [9.17, 15) is 0 Å². The van der Waals surface area contributed by atoms with Crippen LogP contribution in [0.1, 0.15) is 26.7 Å². The molecule has 0 amide bonds. The minimum absolute atomic E-state index is 0.300. The molecule has 0 saturated heterocycles. The number of halogens is 1. The second kappa shape index (κ2) is 6.55. The quantitative estimate of drug-likeness (QED) is 0.626. The number of imidazole rings is 1. The largest absolute Gasteiger partial charge is 0.379 e. The predicted molar refractivity (Wildman–Crippen MR) is 82.5 cm³/mol. The van der Waals surface area contributed by atoms with Crippen LogP contribution in [0, 0.1) is 4.77 Å². The predicted octanol–water partition coefficient (Wildman–Crippen LogP) is 4.56. The number of aryl methyl sites for hydroxylation is 1. The summed E-state index contributed by atoms with van der Waals surface area (Å²) in [4.78, 5) is 3.20. The fraction of sp³-hybridized carbons (Fsp3) is 0.500. The lowest BCUT2D eigenvalue weighted by molar-refractivity contribution is 0.0755. The van der Waals surface area contributed by atoms with Gasteiger partial charge in [0.25, 0.3) is 0 Å². The highest BCUT2D eigenvalue weighted by Crippen LogP contribution is 2.19. The van der Waals surface area contributed by atoms with Crippen LogP contribution in [-0.4, -0.2) is 22.3 Å². The maximum absolute atomic E-state index is 6.04. The van der Waals surface area contributed by atoms with Gasteiger partial charge in [-0.15, -0.1) is 0 Å². The van der Waals surface area contributed by atoms with E-state index in [0.29, 0.717) is 6.10 Å². The highest BCUT2D eigenvalue weighted by atomic mass is 35.5. The van der Waals surface area contributed by atoms with Gasteiger partial charge in [0.15, 0.2) is 4.77 Å². The van der Waals surface area contributed by atoms with Crippen LogP contribution in [0.4, 0.5) is 0 Å². The monoisotopic (exact) mass is 298 g/mol. The molecule has 0 fully saturated rings. The van der Waals surface area contributed by atoms with Gasteiger partial charge < -0.3 is 14.3 Å². The van der Waals surface area contributed by atoms with Gasteiger partial charge in [-0.25, -0.2) is 0 Å². The van der Waals surface area contributed by atoms with Crippen molar-refractivity contribution >= 4 is 34.9 Å². The van der Waals surface area contributed by atoms with Crippen LogP contribution >= 0.6 is 23.8 Å². The van der Waals surface area contributed by atoms with Gasteiger partial charge in [-0.3, -0.25) is 0 Å². The van der Waals surface area contributed by atoms with E-state index < -0.39 is 0 Å². The minimum Gasteiger partial charge on any atom is -0.379 e. The number of aromatic nitrogens is 2. The van der Waals surface area contributed by atoms with Gasteiger partial charge in [-0.1, -0.05) is 11.6 Å². The zero-order chi connectivity index (χ0) is 13.8. The van der Waals surface area contributed by atoms with Crippen LogP contribution in [0.3, 0.4) is 0 Å². The van der Waals surface area contributed by atoms with E-state index in [1.807, 2.05) is 18.2 Å². The molecule has 2 rings (SSSR count). The van der Waals surface area contributed by atoms with E-state index in [4.69, 9.17) is 28.6 Å². The molecular formula is C14H19ClN2OS. The Balaban J connectivity index is 2.02. The summed E-state index contributed by atoms with van der Waals surface area (Å²) >= 11 is 11.4. The minimum atomic E-state index is 0.300. The summed E-state index contributed by atoms with van der Waals surface area (Å²) in [5.41, 5.74) is 2.11. The van der Waals surface area contributed by atoms with Gasteiger partial charge in [0, 0.05) is 18.2 Å². The Morgan fingerprint density at radius 1 is 1.37 bits per heavy atom. The van der Waals surface area contributed by atoms with Crippen molar-refractivity contribution in [1.82, 2.24) is 9.55 Å². The Labute approximate surface area is 123 Å². The molecule has 0 spiro atoms. The SMILES string of the molecule is CC(C)OCCCCn1c(=S)[nH]c2ccc(Cl)cc21. The number of hydrogen-bond acceptors (Lipinski definition) is 2. The highest BCUT2D eigenvalue weighted by Gasteiger charge is 2.04. The summed E-state index contributed by atoms with van der Waals surface area (Å²) in [6.07, 6.45) is 2.38. The molecule has 0 aliphatic carbocycles. The third-order valence-corrected chi connectivity index (χ3v) is 3.52. The molecule has 0 saturated carbocycles. The molecular weight excluding hydrogens is 280 g/mol. The molecule has 1 aromatic carbocycles. The summed E-state index contributed by atoms with van der Waals surface area (Å²) in [5, 5.41) is 0.735. The first-order chi connectivity index (χ1) is 9.08. The van der Waals surface area contributed by atoms with Crippen LogP contribution in [0.2, 0.25) is 5.02 Å². The van der Waals surface area contributed by atoms with E-state index in [1.165, 1.54) is 0 Å². The summed E-state index contributed by atoms with van der Waals surface area (Å²) < 4.78 is 8.39. The second-order valence-electron chi connectivity index (χ2n) is 4.87. The van der Waals surface area contributed by atoms with Crippen LogP contribution in [-0.2, 0) is 11.3 Å². The molecule has 0 unspecified atom stereocenters. The second-order valence-corrected chi connectivity index (χ2v) is 5.69. The standard InChI is InChI=1S/C14H19ClN2OS/c1-10(2)18-8-4-3-7-17-13-9-11(15)5-6-12(13)16-14(17)19/h5-6,9-10H,3-4,7-8H2,1-2H3,(H,16,19). The normalized spacial score (nSPS) is 11.6. The molecule has 0 bridgehead atoms. The molecule has 0 aliphatic rings. The lowest BCUT2D eigenvalue weighted by atomic mass is 10.3. The van der Waals surface area contributed by atoms with Gasteiger partial charge in [-0.2, -0.15) is 0 Å². The molecule has 0 aliphatic heterocycles. The molecule has 0 atom stereocenters. The van der Waals surface area contributed by atoms with Crippen molar-refractivity contribution in [3.8, 4) is 0 Å². The first-order valence-corrected chi connectivity index (χ1v) is 7.36. The molecule has 1 heterocycles. The number of unbranched alkanes of at least 4 members (excludes halogenated alkanes) is 1. The number of nitrogens with zero attached hydrogens (tertiary/aromatic N) is 1. The van der Waals surface area contributed by atoms with Crippen molar-refractivity contribution in [2.24, 2.45) is 0 Å².